The summed E-state index contributed by atoms with van der Waals surface area (Å²) < 4.78 is 1.72. The molecule has 0 aliphatic carbocycles. The SMILES string of the molecule is CCc1nn(C)cc1C(=O)N1CCC(CCCl)C1. The summed E-state index contributed by atoms with van der Waals surface area (Å²) in [5, 5.41) is 4.33. The maximum atomic E-state index is 12.4. The molecule has 0 aromatic carbocycles. The Morgan fingerprint density at radius 2 is 2.39 bits per heavy atom. The summed E-state index contributed by atoms with van der Waals surface area (Å²) in [6, 6.07) is 0. The van der Waals surface area contributed by atoms with E-state index >= 15 is 0 Å². The predicted octanol–water partition coefficient (Wildman–Crippen LogP) is 2.07. The van der Waals surface area contributed by atoms with Crippen molar-refractivity contribution in [2.24, 2.45) is 13.0 Å². The van der Waals surface area contributed by atoms with Crippen LogP contribution in [0.1, 0.15) is 35.8 Å². The number of hydrogen-bond donors (Lipinski definition) is 0. The molecule has 0 radical (unpaired) electrons. The van der Waals surface area contributed by atoms with E-state index in [2.05, 4.69) is 5.10 Å². The van der Waals surface area contributed by atoms with Gasteiger partial charge in [-0.15, -0.1) is 11.6 Å². The monoisotopic (exact) mass is 269 g/mol. The van der Waals surface area contributed by atoms with Crippen LogP contribution in [-0.4, -0.2) is 39.6 Å². The van der Waals surface area contributed by atoms with Crippen LogP contribution in [0.5, 0.6) is 0 Å². The van der Waals surface area contributed by atoms with Crippen molar-refractivity contribution >= 4 is 17.5 Å². The first kappa shape index (κ1) is 13.4. The number of likely N-dealkylation sites (tertiary alicyclic amines) is 1. The summed E-state index contributed by atoms with van der Waals surface area (Å²) in [5.41, 5.74) is 1.65. The van der Waals surface area contributed by atoms with Crippen LogP contribution in [-0.2, 0) is 13.5 Å². The van der Waals surface area contributed by atoms with Crippen LogP contribution in [0.25, 0.3) is 0 Å². The van der Waals surface area contributed by atoms with Crippen molar-refractivity contribution in [3.63, 3.8) is 0 Å². The molecule has 1 aromatic rings. The summed E-state index contributed by atoms with van der Waals surface area (Å²) in [7, 11) is 1.86. The van der Waals surface area contributed by atoms with Gasteiger partial charge in [0.05, 0.1) is 11.3 Å². The van der Waals surface area contributed by atoms with Gasteiger partial charge in [-0.1, -0.05) is 6.92 Å². The Morgan fingerprint density at radius 1 is 1.61 bits per heavy atom. The van der Waals surface area contributed by atoms with Crippen molar-refractivity contribution in [3.05, 3.63) is 17.5 Å². The molecule has 0 saturated carbocycles. The molecule has 1 amide bonds. The lowest BCUT2D eigenvalue weighted by Crippen LogP contribution is -2.29. The molecule has 2 heterocycles. The van der Waals surface area contributed by atoms with E-state index in [9.17, 15) is 4.79 Å². The minimum atomic E-state index is 0.122. The Labute approximate surface area is 113 Å². The van der Waals surface area contributed by atoms with Crippen LogP contribution in [0.15, 0.2) is 6.20 Å². The lowest BCUT2D eigenvalue weighted by atomic mass is 10.1. The second kappa shape index (κ2) is 5.74. The molecule has 1 atom stereocenters. The molecule has 0 spiro atoms. The molecule has 100 valence electrons. The highest BCUT2D eigenvalue weighted by atomic mass is 35.5. The molecule has 1 aromatic heterocycles. The van der Waals surface area contributed by atoms with E-state index in [1.54, 1.807) is 4.68 Å². The van der Waals surface area contributed by atoms with Crippen LogP contribution in [0, 0.1) is 5.92 Å². The summed E-state index contributed by atoms with van der Waals surface area (Å²) in [4.78, 5) is 14.4. The first-order valence-electron chi connectivity index (χ1n) is 6.53. The standard InChI is InChI=1S/C13H20ClN3O/c1-3-12-11(9-16(2)15-12)13(18)17-7-5-10(8-17)4-6-14/h9-10H,3-8H2,1-2H3. The molecule has 4 nitrogen and oxygen atoms in total. The number of aromatic nitrogens is 2. The summed E-state index contributed by atoms with van der Waals surface area (Å²) in [6.45, 7) is 3.71. The van der Waals surface area contributed by atoms with Gasteiger partial charge in [0.25, 0.3) is 5.91 Å². The fraction of sp³-hybridized carbons (Fsp3) is 0.692. The minimum Gasteiger partial charge on any atom is -0.338 e. The van der Waals surface area contributed by atoms with E-state index in [1.807, 2.05) is 25.1 Å². The third kappa shape index (κ3) is 2.69. The molecular formula is C13H20ClN3O. The van der Waals surface area contributed by atoms with E-state index < -0.39 is 0 Å². The highest BCUT2D eigenvalue weighted by Gasteiger charge is 2.28. The van der Waals surface area contributed by atoms with E-state index in [-0.39, 0.29) is 5.91 Å². The van der Waals surface area contributed by atoms with E-state index in [1.165, 1.54) is 0 Å². The number of aryl methyl sites for hydroxylation is 2. The number of carbonyl (C=O) groups excluding carboxylic acids is 1. The smallest absolute Gasteiger partial charge is 0.257 e. The molecule has 1 fully saturated rings. The zero-order valence-corrected chi connectivity index (χ0v) is 11.8. The highest BCUT2D eigenvalue weighted by Crippen LogP contribution is 2.22. The van der Waals surface area contributed by atoms with Gasteiger partial charge in [0.1, 0.15) is 0 Å². The van der Waals surface area contributed by atoms with Gasteiger partial charge in [-0.2, -0.15) is 5.10 Å². The number of nitrogens with zero attached hydrogens (tertiary/aromatic N) is 3. The molecule has 0 bridgehead atoms. The van der Waals surface area contributed by atoms with Gasteiger partial charge in [0.2, 0.25) is 0 Å². The molecule has 1 aliphatic heterocycles. The number of rotatable bonds is 4. The lowest BCUT2D eigenvalue weighted by Gasteiger charge is -2.16. The van der Waals surface area contributed by atoms with Gasteiger partial charge in [-0.05, 0) is 25.2 Å². The number of amides is 1. The number of alkyl halides is 1. The van der Waals surface area contributed by atoms with Crippen LogP contribution < -0.4 is 0 Å². The maximum Gasteiger partial charge on any atom is 0.257 e. The first-order chi connectivity index (χ1) is 8.65. The summed E-state index contributed by atoms with van der Waals surface area (Å²) in [6.07, 6.45) is 4.69. The van der Waals surface area contributed by atoms with E-state index in [0.717, 1.165) is 43.6 Å². The molecule has 1 unspecified atom stereocenters. The van der Waals surface area contributed by atoms with Crippen molar-refractivity contribution < 1.29 is 4.79 Å². The average Bonchev–Trinajstić information content (AvgIpc) is 2.95. The fourth-order valence-corrected chi connectivity index (χ4v) is 2.86. The van der Waals surface area contributed by atoms with Crippen molar-refractivity contribution in [3.8, 4) is 0 Å². The summed E-state index contributed by atoms with van der Waals surface area (Å²) >= 11 is 5.76. The van der Waals surface area contributed by atoms with Gasteiger partial charge < -0.3 is 4.90 Å². The second-order valence-corrected chi connectivity index (χ2v) is 5.28. The topological polar surface area (TPSA) is 38.1 Å². The Bertz CT molecular complexity index is 430. The van der Waals surface area contributed by atoms with Gasteiger partial charge in [0, 0.05) is 32.2 Å². The predicted molar refractivity (Wildman–Crippen MR) is 71.9 cm³/mol. The van der Waals surface area contributed by atoms with Gasteiger partial charge in [-0.3, -0.25) is 9.48 Å². The normalized spacial score (nSPS) is 19.5. The molecule has 1 aliphatic rings. The zero-order valence-electron chi connectivity index (χ0n) is 11.0. The molecule has 2 rings (SSSR count). The van der Waals surface area contributed by atoms with E-state index in [4.69, 9.17) is 11.6 Å². The molecule has 0 N–H and O–H groups in total. The molecule has 5 heteroatoms. The minimum absolute atomic E-state index is 0.122. The zero-order chi connectivity index (χ0) is 13.1. The van der Waals surface area contributed by atoms with Crippen molar-refractivity contribution in [2.45, 2.75) is 26.2 Å². The Hall–Kier alpha value is -1.03. The van der Waals surface area contributed by atoms with Crippen LogP contribution in [0.4, 0.5) is 0 Å². The third-order valence-corrected chi connectivity index (χ3v) is 3.78. The van der Waals surface area contributed by atoms with Crippen molar-refractivity contribution in [2.75, 3.05) is 19.0 Å². The maximum absolute atomic E-state index is 12.4. The highest BCUT2D eigenvalue weighted by molar-refractivity contribution is 6.17. The first-order valence-corrected chi connectivity index (χ1v) is 7.07. The number of hydrogen-bond acceptors (Lipinski definition) is 2. The summed E-state index contributed by atoms with van der Waals surface area (Å²) in [5.74, 6) is 1.37. The van der Waals surface area contributed by atoms with Crippen LogP contribution >= 0.6 is 11.6 Å². The Kier molecular flexibility index (Phi) is 4.27. The third-order valence-electron chi connectivity index (χ3n) is 3.56. The van der Waals surface area contributed by atoms with Gasteiger partial charge >= 0.3 is 0 Å². The fourth-order valence-electron chi connectivity index (χ4n) is 2.55. The quantitative estimate of drug-likeness (QED) is 0.785. The largest absolute Gasteiger partial charge is 0.338 e. The van der Waals surface area contributed by atoms with Crippen LogP contribution in [0.3, 0.4) is 0 Å². The lowest BCUT2D eigenvalue weighted by molar-refractivity contribution is 0.0786. The Morgan fingerprint density at radius 3 is 3.06 bits per heavy atom. The van der Waals surface area contributed by atoms with Crippen molar-refractivity contribution in [1.29, 1.82) is 0 Å². The molecule has 1 saturated heterocycles. The average molecular weight is 270 g/mol. The van der Waals surface area contributed by atoms with Crippen molar-refractivity contribution in [1.82, 2.24) is 14.7 Å². The number of halogens is 1. The number of carbonyl (C=O) groups is 1. The van der Waals surface area contributed by atoms with E-state index in [0.29, 0.717) is 11.8 Å². The van der Waals surface area contributed by atoms with Gasteiger partial charge in [0.15, 0.2) is 0 Å². The van der Waals surface area contributed by atoms with Gasteiger partial charge in [-0.25, -0.2) is 0 Å². The molecular weight excluding hydrogens is 250 g/mol. The Balaban J connectivity index is 2.07. The molecule has 18 heavy (non-hydrogen) atoms. The second-order valence-electron chi connectivity index (χ2n) is 4.90. The van der Waals surface area contributed by atoms with Crippen LogP contribution in [0.2, 0.25) is 0 Å².